The first kappa shape index (κ1) is 70.4. The van der Waals surface area contributed by atoms with E-state index in [1.54, 1.807) is 79.7 Å². The monoisotopic (exact) mass is 1240 g/mol. The van der Waals surface area contributed by atoms with Gasteiger partial charge in [0, 0.05) is 73.2 Å². The van der Waals surface area contributed by atoms with Crippen molar-refractivity contribution >= 4 is 105 Å². The number of thiazole rings is 4. The van der Waals surface area contributed by atoms with Crippen LogP contribution in [0.1, 0.15) is 140 Å². The smallest absolute Gasteiger partial charge is 0.407 e. The minimum absolute atomic E-state index is 0. The average Bonchev–Trinajstić information content (AvgIpc) is 4.24. The van der Waals surface area contributed by atoms with Gasteiger partial charge in [-0.05, 0) is 62.7 Å². The van der Waals surface area contributed by atoms with E-state index in [0.717, 1.165) is 70.9 Å². The summed E-state index contributed by atoms with van der Waals surface area (Å²) in [6.07, 6.45) is 13.2. The Morgan fingerprint density at radius 2 is 0.973 bits per heavy atom. The second-order valence-corrected chi connectivity index (χ2v) is 22.1. The van der Waals surface area contributed by atoms with Crippen molar-refractivity contribution < 1.29 is 43.3 Å². The van der Waals surface area contributed by atoms with E-state index in [2.05, 4.69) is 55.1 Å². The van der Waals surface area contributed by atoms with Gasteiger partial charge in [0.05, 0.1) is 50.9 Å². The molecule has 0 radical (unpaired) electrons. The number of hydrogen-bond donors (Lipinski definition) is 6. The van der Waals surface area contributed by atoms with Gasteiger partial charge in [-0.1, -0.05) is 69.2 Å². The maximum Gasteiger partial charge on any atom is 0.407 e. The lowest BCUT2D eigenvalue weighted by Crippen LogP contribution is -2.49. The van der Waals surface area contributed by atoms with E-state index in [1.165, 1.54) is 50.2 Å². The van der Waals surface area contributed by atoms with Crippen LogP contribution in [0.15, 0.2) is 46.8 Å². The number of amides is 6. The van der Waals surface area contributed by atoms with Gasteiger partial charge >= 0.3 is 30.2 Å². The largest absolute Gasteiger partial charge is 0.480 e. The number of carbonyl (C=O) groups is 6. The summed E-state index contributed by atoms with van der Waals surface area (Å²) in [7, 11) is 3.33. The van der Waals surface area contributed by atoms with Crippen LogP contribution in [0.3, 0.4) is 0 Å². The van der Waals surface area contributed by atoms with Gasteiger partial charge in [-0.15, -0.1) is 69.3 Å². The van der Waals surface area contributed by atoms with Crippen LogP contribution in [-0.2, 0) is 45.4 Å². The highest BCUT2D eigenvalue weighted by Crippen LogP contribution is 2.21. The molecule has 424 valence electrons. The Balaban J connectivity index is 0.00000119. The van der Waals surface area contributed by atoms with Crippen molar-refractivity contribution in [3.05, 3.63) is 66.3 Å². The molecule has 20 nitrogen and oxygen atoms in total. The molecule has 7 N–H and O–H groups in total. The van der Waals surface area contributed by atoms with Crippen LogP contribution in [0, 0.1) is 17.8 Å². The third-order valence-corrected chi connectivity index (χ3v) is 14.7. The lowest BCUT2D eigenvalue weighted by Gasteiger charge is -2.27. The molecule has 0 aliphatic heterocycles. The Morgan fingerprint density at radius 3 is 1.31 bits per heavy atom. The topological polar surface area (TPSA) is 273 Å². The van der Waals surface area contributed by atoms with Gasteiger partial charge < -0.3 is 51.4 Å². The first-order chi connectivity index (χ1) is 34.8. The van der Waals surface area contributed by atoms with E-state index in [4.69, 9.17) is 20.3 Å². The normalized spacial score (nSPS) is 13.0. The van der Waals surface area contributed by atoms with Crippen LogP contribution in [0.2, 0.25) is 0 Å². The number of aromatic nitrogens is 4. The average molecular weight is 1240 g/mol. The number of nitrogens with two attached hydrogens (primary N) is 1. The minimum atomic E-state index is -1.02. The zero-order valence-electron chi connectivity index (χ0n) is 44.4. The number of hydrogen-bond acceptors (Lipinski definition) is 17. The Hall–Kier alpha value is -4.57. The summed E-state index contributed by atoms with van der Waals surface area (Å²) < 4.78 is 10.4. The molecule has 4 aromatic heterocycles. The summed E-state index contributed by atoms with van der Waals surface area (Å²) in [5, 5.41) is 20.2. The molecular weight excluding hydrogens is 1150 g/mol. The summed E-state index contributed by atoms with van der Waals surface area (Å²) >= 11 is 5.86. The number of halogens is 1. The second-order valence-electron chi connectivity index (χ2n) is 18.2. The highest BCUT2D eigenvalue weighted by atomic mass is 127. The number of urea groups is 2. The van der Waals surface area contributed by atoms with Crippen LogP contribution in [-0.4, -0.2) is 115 Å². The molecule has 0 saturated carbocycles. The maximum absolute atomic E-state index is 13.2. The van der Waals surface area contributed by atoms with E-state index in [1.807, 2.05) is 27.7 Å². The number of carboxylic acids is 1. The zero-order valence-corrected chi connectivity index (χ0v) is 50.0. The second kappa shape index (κ2) is 39.8. The number of Topliss-reactive ketones (excluding diaryl/α,β-unsaturated/α-hetero) is 1. The van der Waals surface area contributed by atoms with Gasteiger partial charge in [0.25, 0.3) is 0 Å². The molecule has 0 saturated heterocycles. The maximum atomic E-state index is 13.2. The van der Waals surface area contributed by atoms with E-state index in [0.29, 0.717) is 19.5 Å². The van der Waals surface area contributed by atoms with Gasteiger partial charge in [-0.25, -0.2) is 24.0 Å². The standard InChI is InChI=1S/C25H39N5O4S2.C13H23N3O2S.C11H17N3O3S.CH4.HI/c1-6-18(8-9-19(7-2)28-25(33)34-14-21-12-27-16-36-21)10-22(31)23(17(3)4)29-24(32)30(5)13-20-11-26-15-35-20;1-3-10(14)5-6-11(4-2)16-13(17)18-8-12-7-15-9-19-12;1-7(2)9(10(15)16)13-11(17)14(3)5-8-4-12-6-18-8;;/h11-12,15-19,23H,6-10,13-14H2,1-5H3,(H,28,33)(H,29,32);7,9-11H,3-6,8,14H2,1-2H3,(H,16,17);4,6-7,9H,5H2,1-3H3,(H,13,17)(H,15,16);1H4;1H/t18-,19-,23-;10-,11-;9-;;/m000../s1. The Morgan fingerprint density at radius 1 is 0.587 bits per heavy atom. The summed E-state index contributed by atoms with van der Waals surface area (Å²) in [6.45, 7) is 17.0. The predicted molar refractivity (Wildman–Crippen MR) is 310 cm³/mol. The molecule has 0 aromatic carbocycles. The lowest BCUT2D eigenvalue weighted by molar-refractivity contribution is -0.140. The van der Waals surface area contributed by atoms with Crippen molar-refractivity contribution in [2.45, 2.75) is 177 Å². The Kier molecular flexibility index (Phi) is 37.3. The fourth-order valence-corrected chi connectivity index (χ4v) is 9.17. The first-order valence-electron chi connectivity index (χ1n) is 24.7. The van der Waals surface area contributed by atoms with Crippen molar-refractivity contribution in [1.82, 2.24) is 51.0 Å². The van der Waals surface area contributed by atoms with Crippen molar-refractivity contribution in [2.24, 2.45) is 23.5 Å². The summed E-state index contributed by atoms with van der Waals surface area (Å²) in [5.41, 5.74) is 12.7. The molecule has 0 bridgehead atoms. The number of alkyl carbamates (subject to hydrolysis) is 2. The molecule has 4 heterocycles. The predicted octanol–water partition coefficient (Wildman–Crippen LogP) is 10.5. The van der Waals surface area contributed by atoms with Crippen LogP contribution >= 0.6 is 69.3 Å². The molecular formula is C50H84IN11O9S4. The molecule has 6 amide bonds. The summed E-state index contributed by atoms with van der Waals surface area (Å²) in [4.78, 5) is 95.1. The van der Waals surface area contributed by atoms with Gasteiger partial charge in [-0.2, -0.15) is 0 Å². The van der Waals surface area contributed by atoms with Crippen LogP contribution in [0.4, 0.5) is 19.2 Å². The van der Waals surface area contributed by atoms with Crippen molar-refractivity contribution in [2.75, 3.05) is 14.1 Å². The molecule has 0 aliphatic carbocycles. The first-order valence-corrected chi connectivity index (χ1v) is 28.2. The number of nitrogens with zero attached hydrogens (tertiary/aromatic N) is 6. The van der Waals surface area contributed by atoms with E-state index in [9.17, 15) is 28.8 Å². The zero-order chi connectivity index (χ0) is 54.3. The molecule has 0 aliphatic rings. The fourth-order valence-electron chi connectivity index (χ4n) is 6.86. The summed E-state index contributed by atoms with van der Waals surface area (Å²) in [6, 6.07) is -1.77. The number of nitrogens with one attached hydrogen (secondary N) is 4. The number of carbonyl (C=O) groups excluding carboxylic acids is 5. The van der Waals surface area contributed by atoms with Crippen molar-refractivity contribution in [1.29, 1.82) is 0 Å². The number of rotatable bonds is 28. The molecule has 0 unspecified atom stereocenters. The Bertz CT molecular complexity index is 2140. The number of ketones is 1. The summed E-state index contributed by atoms with van der Waals surface area (Å²) in [5.74, 6) is -0.988. The third kappa shape index (κ3) is 29.5. The quantitative estimate of drug-likeness (QED) is 0.0289. The number of carboxylic acid groups (broad SMARTS) is 1. The molecule has 75 heavy (non-hydrogen) atoms. The molecule has 0 fully saturated rings. The highest BCUT2D eigenvalue weighted by molar-refractivity contribution is 14.0. The van der Waals surface area contributed by atoms with Crippen LogP contribution in [0.5, 0.6) is 0 Å². The van der Waals surface area contributed by atoms with Crippen LogP contribution in [0.25, 0.3) is 0 Å². The number of ether oxygens (including phenoxy) is 2. The van der Waals surface area contributed by atoms with Crippen LogP contribution < -0.4 is 27.0 Å². The van der Waals surface area contributed by atoms with Crippen molar-refractivity contribution in [3.63, 3.8) is 0 Å². The Labute approximate surface area is 477 Å². The van der Waals surface area contributed by atoms with Gasteiger partial charge in [0.15, 0.2) is 5.78 Å². The fraction of sp³-hybridized carbons (Fsp3) is 0.640. The highest BCUT2D eigenvalue weighted by Gasteiger charge is 2.28. The molecule has 0 spiro atoms. The van der Waals surface area contributed by atoms with Gasteiger partial charge in [-0.3, -0.25) is 24.7 Å². The number of aliphatic carboxylic acids is 1. The third-order valence-electron chi connectivity index (χ3n) is 11.6. The molecule has 4 aromatic rings. The minimum Gasteiger partial charge on any atom is -0.480 e. The van der Waals surface area contributed by atoms with Gasteiger partial charge in [0.2, 0.25) is 0 Å². The molecule has 4 rings (SSSR count). The van der Waals surface area contributed by atoms with Gasteiger partial charge in [0.1, 0.15) is 19.3 Å². The molecule has 25 heteroatoms. The molecule has 6 atom stereocenters. The van der Waals surface area contributed by atoms with Crippen molar-refractivity contribution in [3.8, 4) is 0 Å². The lowest BCUT2D eigenvalue weighted by atomic mass is 9.87. The SMILES string of the molecule is C.CC(C)[C@H](NC(=O)N(C)Cc1cncs1)C(=O)O.CC[C@@H](CC[C@H](CC)NC(=O)OCc1cncs1)CC(=O)[C@@H](NC(=O)N(C)Cc1cncs1)C(C)C.CC[C@H](N)CC[C@H](CC)NC(=O)OCc1cncs1.I. The van der Waals surface area contributed by atoms with E-state index in [-0.39, 0.29) is 98.4 Å². The van der Waals surface area contributed by atoms with E-state index < -0.39 is 30.2 Å². The van der Waals surface area contributed by atoms with E-state index >= 15 is 0 Å².